The average molecular weight is 348 g/mol. The summed E-state index contributed by atoms with van der Waals surface area (Å²) in [6.45, 7) is 1.55. The fraction of sp³-hybridized carbons (Fsp3) is 0.636. The standard InChI is InChI=1S/C11H17N2O6P.2Na/c1-7-6-13(11(15)12-10(7)14)9-3-2-8(19-9)4-5-20(16,17)18;;/h6,8-9H,2-5H2,1H3,(H,12,14,15)(H2,16,17,18);;/q;2*+1/p-2/t8-,9+;;/m0../s1. The zero-order chi connectivity index (χ0) is 14.9. The Morgan fingerprint density at radius 1 is 1.45 bits per heavy atom. The van der Waals surface area contributed by atoms with Crippen molar-refractivity contribution in [2.45, 2.75) is 38.5 Å². The molecule has 22 heavy (non-hydrogen) atoms. The Balaban J connectivity index is 0.00000220. The molecule has 11 heteroatoms. The summed E-state index contributed by atoms with van der Waals surface area (Å²) in [5.41, 5.74) is -0.334. The van der Waals surface area contributed by atoms with Crippen LogP contribution in [-0.2, 0) is 4.74 Å². The van der Waals surface area contributed by atoms with E-state index in [-0.39, 0.29) is 77.8 Å². The summed E-state index contributed by atoms with van der Waals surface area (Å²) in [6, 6.07) is 0. The zero-order valence-corrected chi connectivity index (χ0v) is 17.8. The molecule has 2 atom stereocenters. The van der Waals surface area contributed by atoms with E-state index in [9.17, 15) is 19.7 Å². The summed E-state index contributed by atoms with van der Waals surface area (Å²) in [7, 11) is -4.29. The smallest absolute Gasteiger partial charge is 0.858 e. The molecule has 1 N–H and O–H groups in total. The third-order valence-electron chi connectivity index (χ3n) is 3.22. The molecular weight excluding hydrogens is 333 g/mol. The number of aromatic nitrogens is 2. The van der Waals surface area contributed by atoms with Gasteiger partial charge in [0, 0.05) is 20.6 Å². The van der Waals surface area contributed by atoms with Crippen molar-refractivity contribution in [3.05, 3.63) is 22.2 Å². The Morgan fingerprint density at radius 2 is 2.09 bits per heavy atom. The molecule has 0 aromatic carbocycles. The largest absolute Gasteiger partial charge is 1.00 e. The predicted octanol–water partition coefficient (Wildman–Crippen LogP) is -7.82. The van der Waals surface area contributed by atoms with Crippen molar-refractivity contribution >= 4 is 7.94 Å². The molecule has 1 aromatic rings. The second-order valence-corrected chi connectivity index (χ2v) is 6.58. The first kappa shape index (κ1) is 22.9. The first-order chi connectivity index (χ1) is 9.26. The van der Waals surface area contributed by atoms with Gasteiger partial charge in [-0.05, 0) is 31.2 Å². The minimum absolute atomic E-state index is 0. The summed E-state index contributed by atoms with van der Waals surface area (Å²) in [6.07, 6.45) is 1.44. The van der Waals surface area contributed by atoms with Gasteiger partial charge in [0.25, 0.3) is 0 Å². The maximum atomic E-state index is 11.6. The van der Waals surface area contributed by atoms with Crippen LogP contribution in [0, 0.1) is 6.92 Å². The predicted molar refractivity (Wildman–Crippen MR) is 64.4 cm³/mol. The maximum Gasteiger partial charge on any atom is 1.00 e. The molecule has 0 aliphatic carbocycles. The van der Waals surface area contributed by atoms with Crippen molar-refractivity contribution in [3.63, 3.8) is 0 Å². The van der Waals surface area contributed by atoms with Crippen molar-refractivity contribution in [1.82, 2.24) is 9.55 Å². The molecule has 2 heterocycles. The monoisotopic (exact) mass is 348 g/mol. The maximum absolute atomic E-state index is 11.6. The molecular formula is C11H15N2Na2O6P. The van der Waals surface area contributed by atoms with Crippen LogP contribution < -0.4 is 79.7 Å². The quantitative estimate of drug-likeness (QED) is 0.422. The summed E-state index contributed by atoms with van der Waals surface area (Å²) >= 11 is 0. The van der Waals surface area contributed by atoms with Crippen LogP contribution in [0.25, 0.3) is 0 Å². The first-order valence-electron chi connectivity index (χ1n) is 6.21. The minimum Gasteiger partial charge on any atom is -0.858 e. The average Bonchev–Trinajstić information content (AvgIpc) is 2.79. The molecule has 112 valence electrons. The van der Waals surface area contributed by atoms with Crippen LogP contribution in [0.15, 0.2) is 11.0 Å². The fourth-order valence-electron chi connectivity index (χ4n) is 2.17. The Bertz CT molecular complexity index is 550. The van der Waals surface area contributed by atoms with Gasteiger partial charge < -0.3 is 19.6 Å². The van der Waals surface area contributed by atoms with Crippen LogP contribution in [0.3, 0.4) is 0 Å². The Morgan fingerprint density at radius 3 is 2.68 bits per heavy atom. The molecule has 0 spiro atoms. The van der Waals surface area contributed by atoms with Gasteiger partial charge in [-0.3, -0.25) is 9.46 Å². The van der Waals surface area contributed by atoms with E-state index in [4.69, 9.17) is 9.63 Å². The second-order valence-electron chi connectivity index (χ2n) is 4.86. The van der Waals surface area contributed by atoms with E-state index in [2.05, 4.69) is 4.98 Å². The van der Waals surface area contributed by atoms with E-state index >= 15 is 0 Å². The van der Waals surface area contributed by atoms with Crippen LogP contribution >= 0.6 is 7.94 Å². The number of aryl methyl sites for hydroxylation is 1. The van der Waals surface area contributed by atoms with E-state index < -0.39 is 25.7 Å². The van der Waals surface area contributed by atoms with Crippen LogP contribution in [0.5, 0.6) is 5.88 Å². The zero-order valence-electron chi connectivity index (χ0n) is 12.9. The van der Waals surface area contributed by atoms with Crippen molar-refractivity contribution in [3.8, 4) is 5.88 Å². The van der Waals surface area contributed by atoms with E-state index in [0.717, 1.165) is 0 Å². The second kappa shape index (κ2) is 9.44. The SMILES string of the molecule is Cc1cn([C@H]2CC[C@@H](CC[P+]([O-])([O-])O)O2)c(=O)nc1[O-].[Na+].[Na+]. The van der Waals surface area contributed by atoms with Crippen LogP contribution in [0.2, 0.25) is 0 Å². The molecule has 1 fully saturated rings. The van der Waals surface area contributed by atoms with Crippen molar-refractivity contribution in [1.29, 1.82) is 0 Å². The molecule has 2 rings (SSSR count). The van der Waals surface area contributed by atoms with Crippen molar-refractivity contribution in [2.24, 2.45) is 0 Å². The van der Waals surface area contributed by atoms with E-state index in [1.165, 1.54) is 10.8 Å². The van der Waals surface area contributed by atoms with Gasteiger partial charge in [0.05, 0.1) is 12.3 Å². The summed E-state index contributed by atoms with van der Waals surface area (Å²) in [5.74, 6) is -0.562. The third-order valence-corrected chi connectivity index (χ3v) is 4.04. The van der Waals surface area contributed by atoms with Crippen molar-refractivity contribution in [2.75, 3.05) is 6.16 Å². The summed E-state index contributed by atoms with van der Waals surface area (Å²) in [4.78, 5) is 45.1. The molecule has 8 nitrogen and oxygen atoms in total. The molecule has 1 saturated heterocycles. The number of ether oxygens (including phenoxy) is 1. The molecule has 1 aromatic heterocycles. The molecule has 0 saturated carbocycles. The van der Waals surface area contributed by atoms with Gasteiger partial charge >= 0.3 is 64.8 Å². The Kier molecular flexibility index (Phi) is 9.85. The fourth-order valence-corrected chi connectivity index (χ4v) is 2.78. The number of hydrogen-bond donors (Lipinski definition) is 1. The minimum atomic E-state index is -4.29. The van der Waals surface area contributed by atoms with Crippen LogP contribution in [-0.4, -0.2) is 26.7 Å². The molecule has 0 amide bonds. The van der Waals surface area contributed by atoms with Crippen LogP contribution in [0.4, 0.5) is 0 Å². The van der Waals surface area contributed by atoms with Gasteiger partial charge in [0.1, 0.15) is 6.23 Å². The number of rotatable bonds is 4. The number of hydrogen-bond acceptors (Lipinski definition) is 7. The van der Waals surface area contributed by atoms with Gasteiger partial charge in [-0.2, -0.15) is 0 Å². The van der Waals surface area contributed by atoms with Gasteiger partial charge in [0.2, 0.25) is 0 Å². The van der Waals surface area contributed by atoms with Gasteiger partial charge in [-0.15, -0.1) is 0 Å². The topological polar surface area (TPSA) is 134 Å². The van der Waals surface area contributed by atoms with E-state index in [1.807, 2.05) is 0 Å². The third kappa shape index (κ3) is 6.45. The van der Waals surface area contributed by atoms with E-state index in [1.54, 1.807) is 6.92 Å². The normalized spacial score (nSPS) is 21.1. The van der Waals surface area contributed by atoms with Gasteiger partial charge in [0.15, 0.2) is 0 Å². The molecule has 1 aliphatic heterocycles. The Hall–Kier alpha value is 0.950. The number of nitrogens with zero attached hydrogens (tertiary/aromatic N) is 2. The van der Waals surface area contributed by atoms with Crippen molar-refractivity contribution < 1.29 is 83.6 Å². The first-order valence-corrected chi connectivity index (χ1v) is 7.97. The molecule has 0 bridgehead atoms. The molecule has 0 radical (unpaired) electrons. The summed E-state index contributed by atoms with van der Waals surface area (Å²) in [5, 5.41) is 11.2. The Labute approximate surface area is 172 Å². The van der Waals surface area contributed by atoms with Crippen LogP contribution in [0.1, 0.15) is 31.1 Å². The molecule has 0 unspecified atom stereocenters. The molecule has 1 aliphatic rings. The van der Waals surface area contributed by atoms with Gasteiger partial charge in [-0.1, -0.05) is 0 Å². The van der Waals surface area contributed by atoms with E-state index in [0.29, 0.717) is 18.4 Å². The van der Waals surface area contributed by atoms with Gasteiger partial charge in [-0.25, -0.2) is 9.78 Å². The summed E-state index contributed by atoms with van der Waals surface area (Å²) < 4.78 is 6.81.